The maximum atomic E-state index is 12.6. The summed E-state index contributed by atoms with van der Waals surface area (Å²) in [5, 5.41) is 14.4. The fraction of sp³-hybridized carbons (Fsp3) is 0.458. The van der Waals surface area contributed by atoms with Crippen LogP contribution in [0.2, 0.25) is 0 Å². The van der Waals surface area contributed by atoms with E-state index in [0.29, 0.717) is 34.7 Å². The molecule has 2 aromatic carbocycles. The molecule has 1 heterocycles. The molecule has 3 aromatic rings. The number of fused-ring (bicyclic) bond motifs is 1. The Balaban J connectivity index is 1.08. The van der Waals surface area contributed by atoms with Crippen LogP contribution in [0.4, 0.5) is 0 Å². The molecule has 1 aromatic heterocycles. The number of benzene rings is 2. The molecule has 0 aliphatic heterocycles. The summed E-state index contributed by atoms with van der Waals surface area (Å²) in [7, 11) is 0. The average molecular weight is 420 g/mol. The summed E-state index contributed by atoms with van der Waals surface area (Å²) in [6.45, 7) is 0. The van der Waals surface area contributed by atoms with Crippen LogP contribution in [-0.4, -0.2) is 27.9 Å². The Morgan fingerprint density at radius 3 is 2.47 bits per heavy atom. The number of nitrogens with zero attached hydrogens (tertiary/aromatic N) is 2. The van der Waals surface area contributed by atoms with Crippen LogP contribution in [-0.2, 0) is 4.79 Å². The highest BCUT2D eigenvalue weighted by Gasteiger charge is 2.48. The van der Waals surface area contributed by atoms with Gasteiger partial charge in [0.2, 0.25) is 11.8 Å². The molecular formula is C24H25N3O2S. The van der Waals surface area contributed by atoms with Gasteiger partial charge in [0.1, 0.15) is 0 Å². The summed E-state index contributed by atoms with van der Waals surface area (Å²) in [6.07, 6.45) is 6.67. The van der Waals surface area contributed by atoms with Gasteiger partial charge in [-0.1, -0.05) is 42.1 Å². The predicted molar refractivity (Wildman–Crippen MR) is 117 cm³/mol. The van der Waals surface area contributed by atoms with Gasteiger partial charge in [0.25, 0.3) is 5.22 Å². The Labute approximate surface area is 180 Å². The lowest BCUT2D eigenvalue weighted by Crippen LogP contribution is -2.56. The Kier molecular flexibility index (Phi) is 4.55. The molecule has 4 aliphatic rings. The first-order chi connectivity index (χ1) is 14.7. The monoisotopic (exact) mass is 419 g/mol. The van der Waals surface area contributed by atoms with Crippen molar-refractivity contribution in [3.63, 3.8) is 0 Å². The zero-order valence-electron chi connectivity index (χ0n) is 16.8. The van der Waals surface area contributed by atoms with Gasteiger partial charge in [-0.05, 0) is 78.7 Å². The van der Waals surface area contributed by atoms with E-state index in [2.05, 4.69) is 39.8 Å². The number of carbonyl (C=O) groups is 1. The van der Waals surface area contributed by atoms with Gasteiger partial charge in [0, 0.05) is 11.6 Å². The molecule has 0 saturated heterocycles. The molecule has 7 rings (SSSR count). The number of nitrogens with one attached hydrogen (secondary N) is 1. The third-order valence-electron chi connectivity index (χ3n) is 7.28. The third-order valence-corrected chi connectivity index (χ3v) is 8.10. The second-order valence-electron chi connectivity index (χ2n) is 9.25. The van der Waals surface area contributed by atoms with Crippen LogP contribution in [0, 0.1) is 23.7 Å². The molecule has 0 atom stereocenters. The highest BCUT2D eigenvalue weighted by atomic mass is 32.2. The van der Waals surface area contributed by atoms with Gasteiger partial charge in [-0.2, -0.15) is 0 Å². The summed E-state index contributed by atoms with van der Waals surface area (Å²) in [5.41, 5.74) is 0.895. The number of amides is 1. The molecular weight excluding hydrogens is 394 g/mol. The van der Waals surface area contributed by atoms with Gasteiger partial charge in [-0.3, -0.25) is 4.79 Å². The molecule has 1 N–H and O–H groups in total. The van der Waals surface area contributed by atoms with E-state index in [1.807, 2.05) is 18.2 Å². The highest BCUT2D eigenvalue weighted by molar-refractivity contribution is 7.99. The Hall–Kier alpha value is -2.34. The van der Waals surface area contributed by atoms with E-state index in [1.54, 1.807) is 0 Å². The first-order valence-corrected chi connectivity index (χ1v) is 11.9. The lowest BCUT2D eigenvalue weighted by molar-refractivity contribution is -0.122. The maximum absolute atomic E-state index is 12.6. The molecule has 4 saturated carbocycles. The SMILES string of the molecule is O=C(CSc1nnc(-c2ccc3ccccc3c2)o1)NC1C2CC3CC(C2)CC1C3. The van der Waals surface area contributed by atoms with Crippen molar-refractivity contribution in [2.75, 3.05) is 5.75 Å². The van der Waals surface area contributed by atoms with E-state index in [9.17, 15) is 4.79 Å². The molecule has 4 bridgehead atoms. The minimum atomic E-state index is 0.0860. The first-order valence-electron chi connectivity index (χ1n) is 11.0. The van der Waals surface area contributed by atoms with Crippen LogP contribution in [0.25, 0.3) is 22.2 Å². The van der Waals surface area contributed by atoms with Crippen molar-refractivity contribution >= 4 is 28.4 Å². The van der Waals surface area contributed by atoms with Crippen LogP contribution in [0.1, 0.15) is 32.1 Å². The topological polar surface area (TPSA) is 68.0 Å². The summed E-state index contributed by atoms with van der Waals surface area (Å²) in [5.74, 6) is 4.12. The predicted octanol–water partition coefficient (Wildman–Crippen LogP) is 4.92. The zero-order valence-corrected chi connectivity index (χ0v) is 17.6. The number of aromatic nitrogens is 2. The van der Waals surface area contributed by atoms with Crippen LogP contribution >= 0.6 is 11.8 Å². The first kappa shape index (κ1) is 18.4. The van der Waals surface area contributed by atoms with Gasteiger partial charge >= 0.3 is 0 Å². The molecule has 1 amide bonds. The molecule has 4 aliphatic carbocycles. The van der Waals surface area contributed by atoms with Crippen molar-refractivity contribution in [1.82, 2.24) is 15.5 Å². The fourth-order valence-corrected chi connectivity index (χ4v) is 6.80. The van der Waals surface area contributed by atoms with Crippen LogP contribution in [0.15, 0.2) is 52.1 Å². The van der Waals surface area contributed by atoms with E-state index in [0.717, 1.165) is 22.8 Å². The molecule has 154 valence electrons. The molecule has 5 nitrogen and oxygen atoms in total. The van der Waals surface area contributed by atoms with Gasteiger partial charge < -0.3 is 9.73 Å². The van der Waals surface area contributed by atoms with Gasteiger partial charge in [0.05, 0.1) is 5.75 Å². The lowest BCUT2D eigenvalue weighted by Gasteiger charge is -2.54. The van der Waals surface area contributed by atoms with Gasteiger partial charge in [-0.25, -0.2) is 0 Å². The number of carbonyl (C=O) groups excluding carboxylic acids is 1. The van der Waals surface area contributed by atoms with Crippen molar-refractivity contribution in [2.45, 2.75) is 43.4 Å². The van der Waals surface area contributed by atoms with Crippen molar-refractivity contribution in [3.8, 4) is 11.5 Å². The molecule has 6 heteroatoms. The molecule has 0 spiro atoms. The Bertz CT molecular complexity index is 1070. The maximum Gasteiger partial charge on any atom is 0.277 e. The summed E-state index contributed by atoms with van der Waals surface area (Å²) in [4.78, 5) is 12.6. The van der Waals surface area contributed by atoms with Crippen LogP contribution < -0.4 is 5.32 Å². The number of thioether (sulfide) groups is 1. The summed E-state index contributed by atoms with van der Waals surface area (Å²) < 4.78 is 5.81. The van der Waals surface area contributed by atoms with Crippen molar-refractivity contribution in [1.29, 1.82) is 0 Å². The van der Waals surface area contributed by atoms with Crippen LogP contribution in [0.3, 0.4) is 0 Å². The number of hydrogen-bond donors (Lipinski definition) is 1. The lowest BCUT2D eigenvalue weighted by atomic mass is 9.54. The zero-order chi connectivity index (χ0) is 20.1. The molecule has 30 heavy (non-hydrogen) atoms. The third kappa shape index (κ3) is 3.41. The van der Waals surface area contributed by atoms with E-state index in [-0.39, 0.29) is 5.91 Å². The van der Waals surface area contributed by atoms with E-state index in [1.165, 1.54) is 49.3 Å². The number of hydrogen-bond acceptors (Lipinski definition) is 5. The molecule has 4 fully saturated rings. The van der Waals surface area contributed by atoms with Gasteiger partial charge in [0.15, 0.2) is 0 Å². The largest absolute Gasteiger partial charge is 0.411 e. The van der Waals surface area contributed by atoms with E-state index >= 15 is 0 Å². The highest BCUT2D eigenvalue weighted by Crippen LogP contribution is 2.53. The summed E-state index contributed by atoms with van der Waals surface area (Å²) >= 11 is 1.32. The van der Waals surface area contributed by atoms with Crippen molar-refractivity contribution in [2.24, 2.45) is 23.7 Å². The average Bonchev–Trinajstić information content (AvgIpc) is 3.23. The van der Waals surface area contributed by atoms with Crippen LogP contribution in [0.5, 0.6) is 0 Å². The van der Waals surface area contributed by atoms with E-state index in [4.69, 9.17) is 4.42 Å². The Morgan fingerprint density at radius 2 is 1.70 bits per heavy atom. The smallest absolute Gasteiger partial charge is 0.277 e. The molecule has 0 unspecified atom stereocenters. The minimum absolute atomic E-state index is 0.0860. The number of rotatable bonds is 5. The standard InChI is InChI=1S/C24H25N3O2S/c28-21(25-22-19-8-14-7-15(10-19)11-20(22)9-14)13-30-24-27-26-23(29-24)18-6-5-16-3-1-2-4-17(16)12-18/h1-6,12,14-15,19-20,22H,7-11,13H2,(H,25,28). The van der Waals surface area contributed by atoms with E-state index < -0.39 is 0 Å². The van der Waals surface area contributed by atoms with Crippen molar-refractivity contribution in [3.05, 3.63) is 42.5 Å². The fourth-order valence-electron chi connectivity index (χ4n) is 6.22. The minimum Gasteiger partial charge on any atom is -0.411 e. The summed E-state index contributed by atoms with van der Waals surface area (Å²) in [6, 6.07) is 14.7. The Morgan fingerprint density at radius 1 is 0.967 bits per heavy atom. The van der Waals surface area contributed by atoms with Crippen molar-refractivity contribution < 1.29 is 9.21 Å². The second kappa shape index (κ2) is 7.41. The van der Waals surface area contributed by atoms with Gasteiger partial charge in [-0.15, -0.1) is 10.2 Å². The quantitative estimate of drug-likeness (QED) is 0.595. The normalized spacial score (nSPS) is 29.4. The second-order valence-corrected chi connectivity index (χ2v) is 10.2. The molecule has 0 radical (unpaired) electrons.